The Morgan fingerprint density at radius 1 is 0.839 bits per heavy atom. The molecule has 170 valence electrons. The molecule has 0 amide bonds. The molecule has 0 spiro atoms. The fourth-order valence-corrected chi connectivity index (χ4v) is 4.06. The molecule has 2 aromatic rings. The highest BCUT2D eigenvalue weighted by atomic mass is 16.5. The number of unbranched alkanes of at least 4 members (excludes halogenated alkanes) is 7. The van der Waals surface area contributed by atoms with E-state index in [-0.39, 0.29) is 29.1 Å². The van der Waals surface area contributed by atoms with Crippen LogP contribution in [-0.4, -0.2) is 33.1 Å². The second kappa shape index (κ2) is 11.1. The first-order valence-corrected chi connectivity index (χ1v) is 11.3. The maximum Gasteiger partial charge on any atom is 0.157 e. The van der Waals surface area contributed by atoms with Gasteiger partial charge in [0.1, 0.15) is 23.4 Å². The topological polar surface area (TPSA) is 99.4 Å². The predicted molar refractivity (Wildman–Crippen MR) is 119 cm³/mol. The molecule has 0 saturated heterocycles. The third kappa shape index (κ3) is 6.20. The van der Waals surface area contributed by atoms with E-state index in [1.54, 1.807) is 6.07 Å². The largest absolute Gasteiger partial charge is 0.508 e. The Balaban J connectivity index is 1.63. The van der Waals surface area contributed by atoms with Crippen molar-refractivity contribution in [1.29, 1.82) is 0 Å². The predicted octanol–water partition coefficient (Wildman–Crippen LogP) is 5.71. The Morgan fingerprint density at radius 3 is 2.26 bits per heavy atom. The lowest BCUT2D eigenvalue weighted by molar-refractivity contribution is -0.0393. The van der Waals surface area contributed by atoms with Crippen LogP contribution < -0.4 is 4.74 Å². The average molecular weight is 431 g/mol. The van der Waals surface area contributed by atoms with Crippen LogP contribution in [0.2, 0.25) is 0 Å². The number of fused-ring (bicyclic) bond motifs is 1. The van der Waals surface area contributed by atoms with Crippen LogP contribution in [0.15, 0.2) is 30.3 Å². The van der Waals surface area contributed by atoms with Crippen molar-refractivity contribution in [2.75, 3.05) is 6.61 Å². The molecular formula is C25H34O6. The zero-order valence-corrected chi connectivity index (χ0v) is 18.2. The van der Waals surface area contributed by atoms with Crippen molar-refractivity contribution < 1.29 is 29.9 Å². The summed E-state index contributed by atoms with van der Waals surface area (Å²) in [6, 6.07) is 7.32. The summed E-state index contributed by atoms with van der Waals surface area (Å²) in [5, 5.41) is 39.6. The van der Waals surface area contributed by atoms with Gasteiger partial charge in [-0.15, -0.1) is 0 Å². The van der Waals surface area contributed by atoms with Crippen LogP contribution in [0.5, 0.6) is 28.7 Å². The van der Waals surface area contributed by atoms with Gasteiger partial charge in [-0.05, 0) is 24.1 Å². The van der Waals surface area contributed by atoms with E-state index in [9.17, 15) is 20.4 Å². The lowest BCUT2D eigenvalue weighted by atomic mass is 9.93. The Kier molecular flexibility index (Phi) is 8.29. The summed E-state index contributed by atoms with van der Waals surface area (Å²) in [5.41, 5.74) is 1.25. The van der Waals surface area contributed by atoms with Crippen LogP contribution in [0.25, 0.3) is 0 Å². The molecule has 0 unspecified atom stereocenters. The van der Waals surface area contributed by atoms with E-state index in [1.165, 1.54) is 62.8 Å². The molecule has 0 aromatic heterocycles. The molecular weight excluding hydrogens is 396 g/mol. The van der Waals surface area contributed by atoms with E-state index in [1.807, 2.05) is 0 Å². The molecule has 0 aliphatic carbocycles. The smallest absolute Gasteiger partial charge is 0.157 e. The Hall–Kier alpha value is -2.60. The fraction of sp³-hybridized carbons (Fsp3) is 0.520. The molecule has 0 fully saturated rings. The van der Waals surface area contributed by atoms with Gasteiger partial charge < -0.3 is 29.9 Å². The molecule has 4 N–H and O–H groups in total. The van der Waals surface area contributed by atoms with Gasteiger partial charge in [-0.25, -0.2) is 0 Å². The van der Waals surface area contributed by atoms with Gasteiger partial charge in [-0.1, -0.05) is 57.9 Å². The second-order valence-electron chi connectivity index (χ2n) is 8.32. The molecule has 1 aliphatic heterocycles. The van der Waals surface area contributed by atoms with Crippen molar-refractivity contribution in [2.45, 2.75) is 76.9 Å². The number of benzene rings is 2. The summed E-state index contributed by atoms with van der Waals surface area (Å²) in [6.07, 6.45) is 9.22. The van der Waals surface area contributed by atoms with Crippen molar-refractivity contribution >= 4 is 0 Å². The number of hydrogen-bond acceptors (Lipinski definition) is 6. The molecule has 1 heterocycles. The molecule has 31 heavy (non-hydrogen) atoms. The van der Waals surface area contributed by atoms with Crippen LogP contribution in [0.4, 0.5) is 0 Å². The standard InChI is InChI=1S/C25H34O6/c1-2-3-4-5-6-7-8-9-12-30-24-16-19-21(28)14-18(26)15-23(19)31-25(24)17-10-11-20(27)22(29)13-17/h10-11,13-15,24-29H,2-9,12,16H2,1H3/t24-,25+/m1/s1. The first-order valence-electron chi connectivity index (χ1n) is 11.3. The third-order valence-electron chi connectivity index (χ3n) is 5.82. The molecule has 2 atom stereocenters. The lowest BCUT2D eigenvalue weighted by Gasteiger charge is -2.34. The van der Waals surface area contributed by atoms with E-state index >= 15 is 0 Å². The van der Waals surface area contributed by atoms with Gasteiger partial charge in [0.25, 0.3) is 0 Å². The third-order valence-corrected chi connectivity index (χ3v) is 5.82. The number of aromatic hydroxyl groups is 4. The summed E-state index contributed by atoms with van der Waals surface area (Å²) >= 11 is 0. The molecule has 6 nitrogen and oxygen atoms in total. The van der Waals surface area contributed by atoms with E-state index in [4.69, 9.17) is 9.47 Å². The fourth-order valence-electron chi connectivity index (χ4n) is 4.06. The molecule has 2 aromatic carbocycles. The molecule has 1 aliphatic rings. The van der Waals surface area contributed by atoms with Gasteiger partial charge in [0.05, 0.1) is 0 Å². The van der Waals surface area contributed by atoms with Crippen molar-refractivity contribution in [2.24, 2.45) is 0 Å². The second-order valence-corrected chi connectivity index (χ2v) is 8.32. The number of rotatable bonds is 11. The lowest BCUT2D eigenvalue weighted by Crippen LogP contribution is -2.33. The molecule has 6 heteroatoms. The summed E-state index contributed by atoms with van der Waals surface area (Å²) in [4.78, 5) is 0. The van der Waals surface area contributed by atoms with Gasteiger partial charge in [-0.2, -0.15) is 0 Å². The van der Waals surface area contributed by atoms with Crippen LogP contribution in [0.3, 0.4) is 0 Å². The summed E-state index contributed by atoms with van der Waals surface area (Å²) < 4.78 is 12.2. The first-order chi connectivity index (χ1) is 15.0. The highest BCUT2D eigenvalue weighted by molar-refractivity contribution is 5.52. The van der Waals surface area contributed by atoms with Gasteiger partial charge in [0, 0.05) is 30.7 Å². The van der Waals surface area contributed by atoms with Gasteiger partial charge in [0.2, 0.25) is 0 Å². The Labute approximate surface area is 184 Å². The van der Waals surface area contributed by atoms with E-state index in [0.29, 0.717) is 29.9 Å². The van der Waals surface area contributed by atoms with Gasteiger partial charge in [-0.3, -0.25) is 0 Å². The Bertz CT molecular complexity index is 850. The van der Waals surface area contributed by atoms with Crippen LogP contribution in [0.1, 0.15) is 75.5 Å². The number of hydrogen-bond donors (Lipinski definition) is 4. The quantitative estimate of drug-likeness (QED) is 0.269. The monoisotopic (exact) mass is 430 g/mol. The minimum absolute atomic E-state index is 0.0253. The average Bonchev–Trinajstić information content (AvgIpc) is 2.74. The van der Waals surface area contributed by atoms with E-state index in [2.05, 4.69) is 6.92 Å². The molecule has 0 bridgehead atoms. The first kappa shape index (κ1) is 23.1. The number of phenols is 4. The van der Waals surface area contributed by atoms with Crippen molar-refractivity contribution in [1.82, 2.24) is 0 Å². The zero-order valence-electron chi connectivity index (χ0n) is 18.2. The highest BCUT2D eigenvalue weighted by Crippen LogP contribution is 2.43. The maximum absolute atomic E-state index is 10.3. The van der Waals surface area contributed by atoms with Crippen LogP contribution in [-0.2, 0) is 11.2 Å². The van der Waals surface area contributed by atoms with Crippen LogP contribution in [0, 0.1) is 0 Å². The van der Waals surface area contributed by atoms with Gasteiger partial charge in [0.15, 0.2) is 17.6 Å². The molecule has 0 saturated carbocycles. The Morgan fingerprint density at radius 2 is 1.55 bits per heavy atom. The minimum Gasteiger partial charge on any atom is -0.508 e. The summed E-state index contributed by atoms with van der Waals surface area (Å²) in [6.45, 7) is 2.80. The maximum atomic E-state index is 10.3. The summed E-state index contributed by atoms with van der Waals surface area (Å²) in [5.74, 6) is -0.148. The van der Waals surface area contributed by atoms with Crippen molar-refractivity contribution in [3.05, 3.63) is 41.5 Å². The zero-order chi connectivity index (χ0) is 22.2. The summed E-state index contributed by atoms with van der Waals surface area (Å²) in [7, 11) is 0. The number of phenolic OH excluding ortho intramolecular Hbond substituents is 4. The highest BCUT2D eigenvalue weighted by Gasteiger charge is 2.34. The van der Waals surface area contributed by atoms with Gasteiger partial charge >= 0.3 is 0 Å². The van der Waals surface area contributed by atoms with Crippen molar-refractivity contribution in [3.8, 4) is 28.7 Å². The minimum atomic E-state index is -0.533. The van der Waals surface area contributed by atoms with E-state index in [0.717, 1.165) is 12.8 Å². The normalized spacial score (nSPS) is 17.8. The van der Waals surface area contributed by atoms with E-state index < -0.39 is 6.10 Å². The molecule has 3 rings (SSSR count). The SMILES string of the molecule is CCCCCCCCCCO[C@@H]1Cc2c(O)cc(O)cc2O[C@H]1c1ccc(O)c(O)c1. The molecule has 0 radical (unpaired) electrons. The van der Waals surface area contributed by atoms with Crippen LogP contribution >= 0.6 is 0 Å². The van der Waals surface area contributed by atoms with Crippen molar-refractivity contribution in [3.63, 3.8) is 0 Å². The number of ether oxygens (including phenoxy) is 2.